The van der Waals surface area contributed by atoms with Crippen molar-refractivity contribution >= 4 is 22.6 Å². The third-order valence-electron chi connectivity index (χ3n) is 5.28. The Morgan fingerprint density at radius 3 is 2.59 bits per heavy atom. The lowest BCUT2D eigenvalue weighted by atomic mass is 9.87. The number of carbonyl (C=O) groups excluding carboxylic acids is 1. The molecule has 2 aromatic carbocycles. The normalized spacial score (nSPS) is 15.9. The molecule has 0 saturated heterocycles. The number of anilines is 1. The van der Waals surface area contributed by atoms with Gasteiger partial charge < -0.3 is 20.2 Å². The van der Waals surface area contributed by atoms with Crippen LogP contribution in [0.5, 0.6) is 0 Å². The summed E-state index contributed by atoms with van der Waals surface area (Å²) in [5.41, 5.74) is 1.85. The number of imidazole rings is 1. The van der Waals surface area contributed by atoms with Gasteiger partial charge in [-0.1, -0.05) is 6.07 Å². The molecule has 1 saturated carbocycles. The Bertz CT molecular complexity index is 1130. The van der Waals surface area contributed by atoms with Crippen molar-refractivity contribution in [2.75, 3.05) is 11.9 Å². The van der Waals surface area contributed by atoms with Gasteiger partial charge in [-0.25, -0.2) is 18.0 Å². The number of carbonyl (C=O) groups is 1. The van der Waals surface area contributed by atoms with E-state index in [1.54, 1.807) is 30.1 Å². The molecule has 0 spiro atoms. The molecule has 1 aliphatic rings. The number of alkyl halides is 2. The lowest BCUT2D eigenvalue weighted by Crippen LogP contribution is -2.49. The lowest BCUT2D eigenvalue weighted by molar-refractivity contribution is -0.0849. The molecular weight excluding hydrogens is 385 g/mol. The van der Waals surface area contributed by atoms with E-state index in [9.17, 15) is 22.8 Å². The largest absolute Gasteiger partial charge is 0.371 e. The first-order valence-corrected chi connectivity index (χ1v) is 9.11. The van der Waals surface area contributed by atoms with Crippen LogP contribution >= 0.6 is 0 Å². The summed E-state index contributed by atoms with van der Waals surface area (Å²) in [6.45, 7) is -0.0299. The van der Waals surface area contributed by atoms with Gasteiger partial charge in [-0.05, 0) is 30.3 Å². The van der Waals surface area contributed by atoms with Crippen LogP contribution in [-0.4, -0.2) is 34.9 Å². The number of amides is 1. The molecule has 0 aliphatic heterocycles. The average molecular weight is 404 g/mol. The molecule has 152 valence electrons. The van der Waals surface area contributed by atoms with Crippen molar-refractivity contribution in [3.8, 4) is 0 Å². The van der Waals surface area contributed by atoms with Gasteiger partial charge in [-0.2, -0.15) is 0 Å². The standard InChI is InChI=1S/C20H19F3N4O2/c1-27(14-8-20(22,23)9-14)13-4-2-12(15(21)7-13)10-24-18(28)11-3-5-16-17(6-11)26-19(29)25-16/h2-7,14H,8-10H2,1H3,(H,24,28)(H2,25,26,29). The van der Waals surface area contributed by atoms with Crippen LogP contribution in [-0.2, 0) is 6.54 Å². The molecule has 0 bridgehead atoms. The third kappa shape index (κ3) is 3.85. The number of nitrogens with one attached hydrogen (secondary N) is 3. The smallest absolute Gasteiger partial charge is 0.323 e. The van der Waals surface area contributed by atoms with Crippen LogP contribution < -0.4 is 15.9 Å². The van der Waals surface area contributed by atoms with Crippen molar-refractivity contribution < 1.29 is 18.0 Å². The molecule has 6 nitrogen and oxygen atoms in total. The molecule has 0 unspecified atom stereocenters. The van der Waals surface area contributed by atoms with Crippen LogP contribution in [0.3, 0.4) is 0 Å². The van der Waals surface area contributed by atoms with E-state index in [-0.39, 0.29) is 36.7 Å². The fourth-order valence-corrected chi connectivity index (χ4v) is 3.46. The average Bonchev–Trinajstić information content (AvgIpc) is 3.03. The Morgan fingerprint density at radius 1 is 1.17 bits per heavy atom. The first-order chi connectivity index (χ1) is 13.7. The molecule has 1 amide bonds. The predicted molar refractivity (Wildman–Crippen MR) is 103 cm³/mol. The number of aromatic nitrogens is 2. The molecule has 0 radical (unpaired) electrons. The van der Waals surface area contributed by atoms with Gasteiger partial charge >= 0.3 is 5.69 Å². The summed E-state index contributed by atoms with van der Waals surface area (Å²) in [6, 6.07) is 8.86. The molecule has 0 atom stereocenters. The van der Waals surface area contributed by atoms with Crippen molar-refractivity contribution in [3.05, 3.63) is 63.8 Å². The van der Waals surface area contributed by atoms with E-state index in [0.29, 0.717) is 22.3 Å². The minimum absolute atomic E-state index is 0.0299. The summed E-state index contributed by atoms with van der Waals surface area (Å²) in [5.74, 6) is -3.57. The Morgan fingerprint density at radius 2 is 1.90 bits per heavy atom. The number of aromatic amines is 2. The number of rotatable bonds is 5. The molecule has 3 N–H and O–H groups in total. The van der Waals surface area contributed by atoms with Crippen molar-refractivity contribution in [2.45, 2.75) is 31.4 Å². The zero-order chi connectivity index (χ0) is 20.8. The van der Waals surface area contributed by atoms with E-state index in [0.717, 1.165) is 0 Å². The summed E-state index contributed by atoms with van der Waals surface area (Å²) in [4.78, 5) is 30.4. The van der Waals surface area contributed by atoms with Crippen LogP contribution in [0.25, 0.3) is 11.0 Å². The zero-order valence-corrected chi connectivity index (χ0v) is 15.6. The molecule has 1 aliphatic carbocycles. The molecular formula is C20H19F3N4O2. The quantitative estimate of drug-likeness (QED) is 0.611. The molecule has 9 heteroatoms. The molecule has 3 aromatic rings. The fourth-order valence-electron chi connectivity index (χ4n) is 3.46. The predicted octanol–water partition coefficient (Wildman–Crippen LogP) is 3.16. The number of benzene rings is 2. The summed E-state index contributed by atoms with van der Waals surface area (Å²) in [5, 5.41) is 2.64. The minimum atomic E-state index is -2.64. The maximum absolute atomic E-state index is 14.4. The van der Waals surface area contributed by atoms with Crippen LogP contribution in [0.4, 0.5) is 18.9 Å². The number of halogens is 3. The van der Waals surface area contributed by atoms with Crippen LogP contribution in [0, 0.1) is 5.82 Å². The first-order valence-electron chi connectivity index (χ1n) is 9.11. The molecule has 1 aromatic heterocycles. The van der Waals surface area contributed by atoms with Crippen molar-refractivity contribution in [2.24, 2.45) is 0 Å². The van der Waals surface area contributed by atoms with E-state index < -0.39 is 17.6 Å². The third-order valence-corrected chi connectivity index (χ3v) is 5.28. The summed E-state index contributed by atoms with van der Waals surface area (Å²) in [6.07, 6.45) is -0.473. The second-order valence-corrected chi connectivity index (χ2v) is 7.33. The highest BCUT2D eigenvalue weighted by molar-refractivity contribution is 5.97. The zero-order valence-electron chi connectivity index (χ0n) is 15.6. The van der Waals surface area contributed by atoms with E-state index in [2.05, 4.69) is 15.3 Å². The minimum Gasteiger partial charge on any atom is -0.371 e. The van der Waals surface area contributed by atoms with E-state index in [4.69, 9.17) is 0 Å². The Hall–Kier alpha value is -3.23. The number of fused-ring (bicyclic) bond motifs is 1. The summed E-state index contributed by atoms with van der Waals surface area (Å²) >= 11 is 0. The van der Waals surface area contributed by atoms with Crippen LogP contribution in [0.2, 0.25) is 0 Å². The van der Waals surface area contributed by atoms with Gasteiger partial charge in [0.2, 0.25) is 0 Å². The highest BCUT2D eigenvalue weighted by Crippen LogP contribution is 2.41. The van der Waals surface area contributed by atoms with Gasteiger partial charge in [0, 0.05) is 49.3 Å². The number of hydrogen-bond donors (Lipinski definition) is 3. The summed E-state index contributed by atoms with van der Waals surface area (Å²) < 4.78 is 40.5. The summed E-state index contributed by atoms with van der Waals surface area (Å²) in [7, 11) is 1.66. The van der Waals surface area contributed by atoms with Crippen LogP contribution in [0.1, 0.15) is 28.8 Å². The van der Waals surface area contributed by atoms with Gasteiger partial charge in [0.05, 0.1) is 11.0 Å². The second-order valence-electron chi connectivity index (χ2n) is 7.33. The van der Waals surface area contributed by atoms with Gasteiger partial charge in [-0.3, -0.25) is 4.79 Å². The Labute approximate surface area is 163 Å². The van der Waals surface area contributed by atoms with E-state index in [1.165, 1.54) is 18.2 Å². The lowest BCUT2D eigenvalue weighted by Gasteiger charge is -2.42. The van der Waals surface area contributed by atoms with E-state index in [1.807, 2.05) is 0 Å². The van der Waals surface area contributed by atoms with Crippen LogP contribution in [0.15, 0.2) is 41.2 Å². The van der Waals surface area contributed by atoms with Gasteiger partial charge in [0.15, 0.2) is 0 Å². The SMILES string of the molecule is CN(c1ccc(CNC(=O)c2ccc3[nH]c(=O)[nH]c3c2)c(F)c1)C1CC(F)(F)C1. The topological polar surface area (TPSA) is 81.0 Å². The highest BCUT2D eigenvalue weighted by atomic mass is 19.3. The van der Waals surface area contributed by atoms with Gasteiger partial charge in [0.1, 0.15) is 5.82 Å². The molecule has 4 rings (SSSR count). The van der Waals surface area contributed by atoms with Gasteiger partial charge in [0.25, 0.3) is 11.8 Å². The fraction of sp³-hybridized carbons (Fsp3) is 0.300. The monoisotopic (exact) mass is 404 g/mol. The molecule has 1 fully saturated rings. The molecule has 29 heavy (non-hydrogen) atoms. The second kappa shape index (κ2) is 6.98. The number of nitrogens with zero attached hydrogens (tertiary/aromatic N) is 1. The van der Waals surface area contributed by atoms with E-state index >= 15 is 0 Å². The maximum atomic E-state index is 14.4. The van der Waals surface area contributed by atoms with Crippen molar-refractivity contribution in [1.82, 2.24) is 15.3 Å². The number of H-pyrrole nitrogens is 2. The number of hydrogen-bond acceptors (Lipinski definition) is 3. The Balaban J connectivity index is 1.41. The van der Waals surface area contributed by atoms with Gasteiger partial charge in [-0.15, -0.1) is 0 Å². The first kappa shape index (κ1) is 19.1. The van der Waals surface area contributed by atoms with Crippen molar-refractivity contribution in [1.29, 1.82) is 0 Å². The Kier molecular flexibility index (Phi) is 4.60. The highest BCUT2D eigenvalue weighted by Gasteiger charge is 2.47. The maximum Gasteiger partial charge on any atom is 0.323 e. The molecule has 1 heterocycles. The van der Waals surface area contributed by atoms with Crippen molar-refractivity contribution in [3.63, 3.8) is 0 Å².